The highest BCUT2D eigenvalue weighted by molar-refractivity contribution is 7.99. The maximum Gasteiger partial charge on any atom is 0.370 e. The zero-order chi connectivity index (χ0) is 13.7. The molecule has 1 aliphatic rings. The number of hydrogen-bond donors (Lipinski definition) is 1. The van der Waals surface area contributed by atoms with Crippen molar-refractivity contribution in [2.45, 2.75) is 13.0 Å². The van der Waals surface area contributed by atoms with E-state index in [2.05, 4.69) is 20.1 Å². The van der Waals surface area contributed by atoms with Crippen molar-refractivity contribution in [2.24, 2.45) is 0 Å². The molecule has 1 atom stereocenters. The first-order valence-corrected chi connectivity index (χ1v) is 7.24. The molecule has 2 heterocycles. The summed E-state index contributed by atoms with van der Waals surface area (Å²) in [5.41, 5.74) is 0.660. The highest BCUT2D eigenvalue weighted by Crippen LogP contribution is 2.19. The zero-order valence-electron chi connectivity index (χ0n) is 10.6. The number of carbonyl (C=O) groups excluding carboxylic acids is 1. The van der Waals surface area contributed by atoms with Crippen LogP contribution in [0.4, 0.5) is 16.0 Å². The van der Waals surface area contributed by atoms with Crippen LogP contribution < -0.4 is 10.2 Å². The summed E-state index contributed by atoms with van der Waals surface area (Å²) in [5, 5.41) is 2.82. The molecule has 0 saturated carbocycles. The lowest BCUT2D eigenvalue weighted by Crippen LogP contribution is -2.33. The van der Waals surface area contributed by atoms with Gasteiger partial charge in [0.15, 0.2) is 0 Å². The van der Waals surface area contributed by atoms with Crippen molar-refractivity contribution in [3.63, 3.8) is 0 Å². The van der Waals surface area contributed by atoms with Crippen LogP contribution in [0.2, 0.25) is 0 Å². The van der Waals surface area contributed by atoms with Gasteiger partial charge < -0.3 is 10.2 Å². The Kier molecular flexibility index (Phi) is 4.84. The molecule has 2 rings (SSSR count). The second-order valence-corrected chi connectivity index (χ2v) is 5.49. The molecule has 1 saturated heterocycles. The van der Waals surface area contributed by atoms with Gasteiger partial charge in [0.2, 0.25) is 0 Å². The molecule has 19 heavy (non-hydrogen) atoms. The predicted molar refractivity (Wildman–Crippen MR) is 74.1 cm³/mol. The van der Waals surface area contributed by atoms with Crippen LogP contribution in [0, 0.1) is 0 Å². The third kappa shape index (κ3) is 3.73. The molecule has 1 aromatic heterocycles. The van der Waals surface area contributed by atoms with Gasteiger partial charge in [-0.1, -0.05) is 0 Å². The molecular formula is C12H16FN3O2S. The Balaban J connectivity index is 1.96. The topological polar surface area (TPSA) is 54.5 Å². The van der Waals surface area contributed by atoms with E-state index < -0.39 is 12.0 Å². The Morgan fingerprint density at radius 2 is 2.26 bits per heavy atom. The molecule has 1 N–H and O–H groups in total. The normalized spacial score (nSPS) is 16.8. The van der Waals surface area contributed by atoms with E-state index in [0.717, 1.165) is 30.4 Å². The Labute approximate surface area is 115 Å². The van der Waals surface area contributed by atoms with Crippen LogP contribution >= 0.6 is 11.8 Å². The predicted octanol–water partition coefficient (Wildman–Crippen LogP) is 1.86. The summed E-state index contributed by atoms with van der Waals surface area (Å²) >= 11 is 1.94. The van der Waals surface area contributed by atoms with E-state index in [1.54, 1.807) is 6.20 Å². The lowest BCUT2D eigenvalue weighted by atomic mass is 10.3. The molecule has 0 amide bonds. The molecule has 0 radical (unpaired) electrons. The number of carbonyl (C=O) groups is 1. The highest BCUT2D eigenvalue weighted by atomic mass is 32.2. The molecule has 1 unspecified atom stereocenters. The van der Waals surface area contributed by atoms with Crippen LogP contribution in [0.1, 0.15) is 6.92 Å². The summed E-state index contributed by atoms with van der Waals surface area (Å²) in [6.07, 6.45) is 1.64. The van der Waals surface area contributed by atoms with Crippen molar-refractivity contribution < 1.29 is 14.3 Å². The Morgan fingerprint density at radius 3 is 2.84 bits per heavy atom. The van der Waals surface area contributed by atoms with E-state index in [-0.39, 0.29) is 0 Å². The van der Waals surface area contributed by atoms with Crippen molar-refractivity contribution in [3.8, 4) is 0 Å². The lowest BCUT2D eigenvalue weighted by Gasteiger charge is -2.27. The summed E-state index contributed by atoms with van der Waals surface area (Å²) in [6, 6.07) is 2.97. The third-order valence-electron chi connectivity index (χ3n) is 2.90. The van der Waals surface area contributed by atoms with Crippen LogP contribution in [0.25, 0.3) is 0 Å². The first kappa shape index (κ1) is 13.9. The van der Waals surface area contributed by atoms with Crippen LogP contribution in [-0.4, -0.2) is 41.6 Å². The van der Waals surface area contributed by atoms with Crippen molar-refractivity contribution in [1.82, 2.24) is 4.98 Å². The van der Waals surface area contributed by atoms with Gasteiger partial charge in [-0.15, -0.1) is 0 Å². The number of nitrogens with one attached hydrogen (secondary N) is 1. The molecule has 1 aliphatic heterocycles. The van der Waals surface area contributed by atoms with E-state index in [1.807, 2.05) is 23.9 Å². The lowest BCUT2D eigenvalue weighted by molar-refractivity contribution is -0.184. The summed E-state index contributed by atoms with van der Waals surface area (Å²) < 4.78 is 11.7. The van der Waals surface area contributed by atoms with Crippen molar-refractivity contribution in [1.29, 1.82) is 0 Å². The minimum atomic E-state index is -0.947. The quantitative estimate of drug-likeness (QED) is 0.911. The van der Waals surface area contributed by atoms with Gasteiger partial charge in [0.1, 0.15) is 11.9 Å². The fraction of sp³-hybridized carbons (Fsp3) is 0.500. The number of rotatable bonds is 4. The van der Waals surface area contributed by atoms with Crippen molar-refractivity contribution in [3.05, 3.63) is 18.3 Å². The van der Waals surface area contributed by atoms with E-state index in [1.165, 1.54) is 6.92 Å². The van der Waals surface area contributed by atoms with Crippen LogP contribution in [0.3, 0.4) is 0 Å². The molecule has 0 aliphatic carbocycles. The van der Waals surface area contributed by atoms with Gasteiger partial charge in [-0.05, 0) is 19.1 Å². The van der Waals surface area contributed by atoms with Crippen LogP contribution in [0.5, 0.6) is 0 Å². The highest BCUT2D eigenvalue weighted by Gasteiger charge is 2.16. The van der Waals surface area contributed by atoms with Gasteiger partial charge in [-0.25, -0.2) is 9.78 Å². The SMILES string of the molecule is CC(Nc1ccc(N2CCSCC2)nc1)C(=O)OF. The molecule has 0 bridgehead atoms. The maximum absolute atomic E-state index is 11.7. The number of nitrogens with zero attached hydrogens (tertiary/aromatic N) is 2. The molecule has 104 valence electrons. The largest absolute Gasteiger partial charge is 0.371 e. The van der Waals surface area contributed by atoms with Gasteiger partial charge in [-0.3, -0.25) is 4.94 Å². The maximum atomic E-state index is 11.7. The van der Waals surface area contributed by atoms with Gasteiger partial charge in [0, 0.05) is 29.1 Å². The van der Waals surface area contributed by atoms with Gasteiger partial charge >= 0.3 is 5.97 Å². The van der Waals surface area contributed by atoms with E-state index in [9.17, 15) is 9.32 Å². The first-order chi connectivity index (χ1) is 9.20. The summed E-state index contributed by atoms with van der Waals surface area (Å²) in [5.74, 6) is 2.20. The van der Waals surface area contributed by atoms with Gasteiger partial charge in [0.25, 0.3) is 0 Å². The monoisotopic (exact) mass is 285 g/mol. The number of halogens is 1. The molecule has 1 fully saturated rings. The molecule has 5 nitrogen and oxygen atoms in total. The smallest absolute Gasteiger partial charge is 0.370 e. The molecule has 1 aromatic rings. The Hall–Kier alpha value is -1.50. The average molecular weight is 285 g/mol. The second-order valence-electron chi connectivity index (χ2n) is 4.27. The summed E-state index contributed by atoms with van der Waals surface area (Å²) in [6.45, 7) is 3.52. The average Bonchev–Trinajstić information content (AvgIpc) is 2.48. The molecule has 0 aromatic carbocycles. The van der Waals surface area contributed by atoms with Crippen LogP contribution in [0.15, 0.2) is 18.3 Å². The minimum Gasteiger partial charge on any atom is -0.371 e. The summed E-state index contributed by atoms with van der Waals surface area (Å²) in [7, 11) is 0. The standard InChI is InChI=1S/C12H16FN3O2S/c1-9(12(17)18-13)15-10-2-3-11(14-8-10)16-4-6-19-7-5-16/h2-3,8-9,15H,4-7H2,1H3. The van der Waals surface area contributed by atoms with E-state index in [4.69, 9.17) is 0 Å². The number of anilines is 2. The fourth-order valence-electron chi connectivity index (χ4n) is 1.83. The van der Waals surface area contributed by atoms with Gasteiger partial charge in [-0.2, -0.15) is 11.8 Å². The fourth-order valence-corrected chi connectivity index (χ4v) is 2.73. The third-order valence-corrected chi connectivity index (χ3v) is 3.84. The molecule has 0 spiro atoms. The number of pyridine rings is 1. The number of aromatic nitrogens is 1. The van der Waals surface area contributed by atoms with E-state index in [0.29, 0.717) is 5.69 Å². The van der Waals surface area contributed by atoms with Crippen LogP contribution in [-0.2, 0) is 9.74 Å². The van der Waals surface area contributed by atoms with Crippen molar-refractivity contribution >= 4 is 29.2 Å². The summed E-state index contributed by atoms with van der Waals surface area (Å²) in [4.78, 5) is 20.7. The molecular weight excluding hydrogens is 269 g/mol. The minimum absolute atomic E-state index is 0.660. The Bertz CT molecular complexity index is 423. The second kappa shape index (κ2) is 6.60. The Morgan fingerprint density at radius 1 is 1.53 bits per heavy atom. The first-order valence-electron chi connectivity index (χ1n) is 6.08. The van der Waals surface area contributed by atoms with Crippen molar-refractivity contribution in [2.75, 3.05) is 34.8 Å². The zero-order valence-corrected chi connectivity index (χ0v) is 11.5. The number of thioether (sulfide) groups is 1. The van der Waals surface area contributed by atoms with Gasteiger partial charge in [0.05, 0.1) is 11.9 Å². The van der Waals surface area contributed by atoms with E-state index >= 15 is 0 Å². The number of hydrogen-bond acceptors (Lipinski definition) is 6. The molecule has 7 heteroatoms.